The molecule has 0 atom stereocenters. The average molecular weight is 350 g/mol. The summed E-state index contributed by atoms with van der Waals surface area (Å²) < 4.78 is 0. The van der Waals surface area contributed by atoms with Gasteiger partial charge in [0.15, 0.2) is 0 Å². The lowest BCUT2D eigenvalue weighted by Crippen LogP contribution is -2.49. The summed E-state index contributed by atoms with van der Waals surface area (Å²) in [5, 5.41) is 0. The molecule has 1 fully saturated rings. The van der Waals surface area contributed by atoms with Crippen LogP contribution in [0.5, 0.6) is 0 Å². The van der Waals surface area contributed by atoms with E-state index in [9.17, 15) is 4.79 Å². The summed E-state index contributed by atoms with van der Waals surface area (Å²) in [6.07, 6.45) is 2.54. The molecule has 0 aliphatic carbocycles. The Morgan fingerprint density at radius 3 is 2.27 bits per heavy atom. The van der Waals surface area contributed by atoms with Gasteiger partial charge in [0.1, 0.15) is 0 Å². The number of fused-ring (bicyclic) bond motifs is 1. The van der Waals surface area contributed by atoms with Crippen LogP contribution in [0.15, 0.2) is 30.3 Å². The third-order valence-electron chi connectivity index (χ3n) is 5.83. The van der Waals surface area contributed by atoms with Crippen LogP contribution < -0.4 is 4.90 Å². The number of piperidine rings is 1. The van der Waals surface area contributed by atoms with E-state index in [0.717, 1.165) is 49.7 Å². The third kappa shape index (κ3) is 2.96. The average Bonchev–Trinajstić information content (AvgIpc) is 2.71. The molecule has 5 heteroatoms. The van der Waals surface area contributed by atoms with Crippen molar-refractivity contribution in [1.29, 1.82) is 0 Å². The maximum absolute atomic E-state index is 13.2. The zero-order valence-corrected chi connectivity index (χ0v) is 15.8. The van der Waals surface area contributed by atoms with Gasteiger partial charge in [0, 0.05) is 38.1 Å². The van der Waals surface area contributed by atoms with Gasteiger partial charge in [-0.15, -0.1) is 0 Å². The van der Waals surface area contributed by atoms with E-state index in [1.807, 2.05) is 31.9 Å². The highest BCUT2D eigenvalue weighted by atomic mass is 16.2. The smallest absolute Gasteiger partial charge is 0.229 e. The second-order valence-corrected chi connectivity index (χ2v) is 7.82. The van der Waals surface area contributed by atoms with Crippen LogP contribution in [0.2, 0.25) is 0 Å². The quantitative estimate of drug-likeness (QED) is 0.793. The Labute approximate surface area is 155 Å². The van der Waals surface area contributed by atoms with E-state index in [0.29, 0.717) is 6.54 Å². The van der Waals surface area contributed by atoms with Crippen molar-refractivity contribution in [1.82, 2.24) is 14.9 Å². The minimum Gasteiger partial charge on any atom is -0.341 e. The van der Waals surface area contributed by atoms with Crippen LogP contribution in [0.4, 0.5) is 5.95 Å². The topological polar surface area (TPSA) is 49.3 Å². The van der Waals surface area contributed by atoms with Crippen molar-refractivity contribution in [3.8, 4) is 0 Å². The summed E-state index contributed by atoms with van der Waals surface area (Å²) in [5.41, 5.74) is 4.29. The van der Waals surface area contributed by atoms with Crippen LogP contribution in [0.1, 0.15) is 35.4 Å². The number of carbonyl (C=O) groups is 1. The van der Waals surface area contributed by atoms with Crippen molar-refractivity contribution in [3.05, 3.63) is 52.8 Å². The van der Waals surface area contributed by atoms with E-state index in [-0.39, 0.29) is 11.3 Å². The first-order valence-electron chi connectivity index (χ1n) is 9.36. The summed E-state index contributed by atoms with van der Waals surface area (Å²) in [4.78, 5) is 26.6. The lowest BCUT2D eigenvalue weighted by atomic mass is 9.73. The summed E-state index contributed by atoms with van der Waals surface area (Å²) in [7, 11) is 1.94. The second-order valence-electron chi connectivity index (χ2n) is 7.82. The number of rotatable bonds is 1. The molecule has 2 aliphatic rings. The van der Waals surface area contributed by atoms with Gasteiger partial charge in [0.25, 0.3) is 0 Å². The first-order chi connectivity index (χ1) is 12.5. The van der Waals surface area contributed by atoms with Gasteiger partial charge in [0.05, 0.1) is 5.41 Å². The number of benzene rings is 1. The monoisotopic (exact) mass is 350 g/mol. The number of carbonyl (C=O) groups excluding carboxylic acids is 1. The molecular weight excluding hydrogens is 324 g/mol. The van der Waals surface area contributed by atoms with Crippen LogP contribution in [-0.4, -0.2) is 40.9 Å². The van der Waals surface area contributed by atoms with Crippen LogP contribution >= 0.6 is 0 Å². The summed E-state index contributed by atoms with van der Waals surface area (Å²) in [6.45, 7) is 6.37. The van der Waals surface area contributed by atoms with Crippen molar-refractivity contribution in [2.24, 2.45) is 5.41 Å². The molecule has 0 saturated carbocycles. The van der Waals surface area contributed by atoms with E-state index in [4.69, 9.17) is 0 Å². The predicted molar refractivity (Wildman–Crippen MR) is 102 cm³/mol. The van der Waals surface area contributed by atoms with Crippen molar-refractivity contribution < 1.29 is 4.79 Å². The van der Waals surface area contributed by atoms with Gasteiger partial charge >= 0.3 is 0 Å². The van der Waals surface area contributed by atoms with Crippen molar-refractivity contribution in [2.75, 3.05) is 25.0 Å². The van der Waals surface area contributed by atoms with Crippen LogP contribution in [0.25, 0.3) is 0 Å². The number of amides is 1. The zero-order valence-electron chi connectivity index (χ0n) is 15.8. The van der Waals surface area contributed by atoms with E-state index >= 15 is 0 Å². The molecule has 0 bridgehead atoms. The summed E-state index contributed by atoms with van der Waals surface area (Å²) in [6, 6.07) is 10.5. The molecule has 0 radical (unpaired) electrons. The maximum Gasteiger partial charge on any atom is 0.229 e. The molecular formula is C21H26N4O. The summed E-state index contributed by atoms with van der Waals surface area (Å²) >= 11 is 0. The molecule has 3 heterocycles. The van der Waals surface area contributed by atoms with Gasteiger partial charge in [-0.2, -0.15) is 0 Å². The molecule has 2 aromatic rings. The molecule has 2 aliphatic heterocycles. The predicted octanol–water partition coefficient (Wildman–Crippen LogP) is 2.89. The summed E-state index contributed by atoms with van der Waals surface area (Å²) in [5.74, 6) is 1.09. The Hall–Kier alpha value is -2.43. The standard InChI is InChI=1S/C21H26N4O/c1-15-12-16(2)23-20(22-15)25-10-8-21(9-11-25)13-17-6-4-5-7-18(17)14-24(3)19(21)26/h4-7,12H,8-11,13-14H2,1-3H3. The number of hydrogen-bond donors (Lipinski definition) is 0. The zero-order chi connectivity index (χ0) is 18.3. The largest absolute Gasteiger partial charge is 0.341 e. The lowest BCUT2D eigenvalue weighted by Gasteiger charge is -2.41. The van der Waals surface area contributed by atoms with Crippen LogP contribution in [0.3, 0.4) is 0 Å². The SMILES string of the molecule is Cc1cc(C)nc(N2CCC3(CC2)Cc2ccccc2CN(C)C3=O)n1. The van der Waals surface area contributed by atoms with Crippen molar-refractivity contribution in [2.45, 2.75) is 39.7 Å². The van der Waals surface area contributed by atoms with E-state index in [1.54, 1.807) is 0 Å². The first-order valence-corrected chi connectivity index (χ1v) is 9.36. The number of hydrogen-bond acceptors (Lipinski definition) is 4. The third-order valence-corrected chi connectivity index (χ3v) is 5.83. The lowest BCUT2D eigenvalue weighted by molar-refractivity contribution is -0.142. The highest BCUT2D eigenvalue weighted by Gasteiger charge is 2.45. The molecule has 136 valence electrons. The van der Waals surface area contributed by atoms with E-state index in [2.05, 4.69) is 39.1 Å². The van der Waals surface area contributed by atoms with Crippen molar-refractivity contribution >= 4 is 11.9 Å². The van der Waals surface area contributed by atoms with Gasteiger partial charge in [-0.25, -0.2) is 9.97 Å². The molecule has 4 rings (SSSR count). The molecule has 1 saturated heterocycles. The van der Waals surface area contributed by atoms with E-state index in [1.165, 1.54) is 11.1 Å². The molecule has 5 nitrogen and oxygen atoms in total. The Bertz CT molecular complexity index is 819. The Kier molecular flexibility index (Phi) is 4.17. The van der Waals surface area contributed by atoms with Gasteiger partial charge < -0.3 is 9.80 Å². The Morgan fingerprint density at radius 2 is 1.62 bits per heavy atom. The normalized spacial score (nSPS) is 19.4. The van der Waals surface area contributed by atoms with Gasteiger partial charge in [0.2, 0.25) is 11.9 Å². The Morgan fingerprint density at radius 1 is 1.00 bits per heavy atom. The van der Waals surface area contributed by atoms with Crippen LogP contribution in [-0.2, 0) is 17.8 Å². The fraction of sp³-hybridized carbons (Fsp3) is 0.476. The molecule has 1 spiro atoms. The number of aromatic nitrogens is 2. The minimum absolute atomic E-state index is 0.287. The maximum atomic E-state index is 13.2. The number of anilines is 1. The van der Waals surface area contributed by atoms with Crippen molar-refractivity contribution in [3.63, 3.8) is 0 Å². The fourth-order valence-electron chi connectivity index (χ4n) is 4.43. The molecule has 0 unspecified atom stereocenters. The Balaban J connectivity index is 1.59. The minimum atomic E-state index is -0.295. The number of aryl methyl sites for hydroxylation is 2. The number of nitrogens with zero attached hydrogens (tertiary/aromatic N) is 4. The molecule has 0 N–H and O–H groups in total. The highest BCUT2D eigenvalue weighted by molar-refractivity contribution is 5.84. The van der Waals surface area contributed by atoms with Gasteiger partial charge in [-0.3, -0.25) is 4.79 Å². The second kappa shape index (κ2) is 6.38. The fourth-order valence-corrected chi connectivity index (χ4v) is 4.43. The first kappa shape index (κ1) is 17.0. The molecule has 26 heavy (non-hydrogen) atoms. The molecule has 1 amide bonds. The molecule has 1 aromatic heterocycles. The highest BCUT2D eigenvalue weighted by Crippen LogP contribution is 2.40. The van der Waals surface area contributed by atoms with Crippen LogP contribution in [0, 0.1) is 19.3 Å². The molecule has 1 aromatic carbocycles. The van der Waals surface area contributed by atoms with Gasteiger partial charge in [-0.05, 0) is 50.3 Å². The van der Waals surface area contributed by atoms with Gasteiger partial charge in [-0.1, -0.05) is 24.3 Å². The van der Waals surface area contributed by atoms with E-state index < -0.39 is 0 Å².